The predicted molar refractivity (Wildman–Crippen MR) is 97.0 cm³/mol. The van der Waals surface area contributed by atoms with Gasteiger partial charge in [-0.15, -0.1) is 0 Å². The molecule has 0 saturated carbocycles. The van der Waals surface area contributed by atoms with Crippen LogP contribution in [0.3, 0.4) is 0 Å². The topological polar surface area (TPSA) is 79.3 Å². The summed E-state index contributed by atoms with van der Waals surface area (Å²) in [4.78, 5) is 28.5. The minimum atomic E-state index is -0.254. The Kier molecular flexibility index (Phi) is 6.53. The second-order valence-electron chi connectivity index (χ2n) is 6.00. The first-order chi connectivity index (χ1) is 11.9. The van der Waals surface area contributed by atoms with E-state index in [1.807, 2.05) is 13.8 Å². The number of nitrogens with one attached hydrogen (secondary N) is 1. The molecule has 132 valence electrons. The molecule has 0 spiro atoms. The number of benzene rings is 1. The number of ketones is 1. The Labute approximate surface area is 152 Å². The fourth-order valence-corrected chi connectivity index (χ4v) is 2.50. The van der Waals surface area contributed by atoms with Crippen LogP contribution < -0.4 is 5.32 Å². The Hall–Kier alpha value is -2.40. The van der Waals surface area contributed by atoms with Crippen molar-refractivity contribution in [2.45, 2.75) is 39.2 Å². The lowest BCUT2D eigenvalue weighted by molar-refractivity contribution is -0.117. The van der Waals surface area contributed by atoms with Gasteiger partial charge >= 0.3 is 0 Å². The minimum absolute atomic E-state index is 0.0427. The lowest BCUT2D eigenvalue weighted by Gasteiger charge is -2.11. The largest absolute Gasteiger partial charge is 0.508 e. The number of carbonyl (C=O) groups excluding carboxylic acids is 2. The number of rotatable bonds is 7. The van der Waals surface area contributed by atoms with Crippen LogP contribution in [0.4, 0.5) is 0 Å². The van der Waals surface area contributed by atoms with Crippen LogP contribution in [0.2, 0.25) is 5.02 Å². The molecular weight excluding hydrogens is 340 g/mol. The van der Waals surface area contributed by atoms with Crippen LogP contribution in [0.5, 0.6) is 5.75 Å². The monoisotopic (exact) mass is 360 g/mol. The number of halogens is 1. The van der Waals surface area contributed by atoms with E-state index in [1.165, 1.54) is 12.3 Å². The van der Waals surface area contributed by atoms with E-state index in [9.17, 15) is 14.7 Å². The first-order valence-corrected chi connectivity index (χ1v) is 8.51. The van der Waals surface area contributed by atoms with Gasteiger partial charge in [-0.3, -0.25) is 14.6 Å². The fourth-order valence-electron chi connectivity index (χ4n) is 2.31. The number of hydrogen-bond donors (Lipinski definition) is 2. The van der Waals surface area contributed by atoms with Crippen LogP contribution in [0.25, 0.3) is 0 Å². The Morgan fingerprint density at radius 1 is 1.24 bits per heavy atom. The van der Waals surface area contributed by atoms with Crippen molar-refractivity contribution < 1.29 is 14.7 Å². The molecule has 0 radical (unpaired) electrons. The van der Waals surface area contributed by atoms with Gasteiger partial charge in [0.05, 0.1) is 0 Å². The number of aromatic nitrogens is 1. The molecule has 25 heavy (non-hydrogen) atoms. The highest BCUT2D eigenvalue weighted by Gasteiger charge is 2.13. The molecule has 0 aliphatic heterocycles. The number of amides is 1. The number of pyridine rings is 1. The van der Waals surface area contributed by atoms with Crippen molar-refractivity contribution in [2.24, 2.45) is 0 Å². The van der Waals surface area contributed by atoms with Crippen molar-refractivity contribution in [2.75, 3.05) is 0 Å². The highest BCUT2D eigenvalue weighted by molar-refractivity contribution is 6.30. The molecule has 0 aliphatic carbocycles. The molecule has 1 aromatic heterocycles. The van der Waals surface area contributed by atoms with E-state index in [0.717, 1.165) is 6.42 Å². The van der Waals surface area contributed by atoms with Crippen molar-refractivity contribution in [1.29, 1.82) is 0 Å². The average Bonchev–Trinajstić information content (AvgIpc) is 2.58. The second kappa shape index (κ2) is 8.62. The number of nitrogens with zero attached hydrogens (tertiary/aromatic N) is 1. The quantitative estimate of drug-likeness (QED) is 0.793. The Bertz CT molecular complexity index is 777. The van der Waals surface area contributed by atoms with E-state index in [-0.39, 0.29) is 42.0 Å². The lowest BCUT2D eigenvalue weighted by Crippen LogP contribution is -2.32. The SMILES string of the molecule is CCC(C)NC(=O)c1cc(CC(=O)Cc2cc(Cl)ccc2O)ccn1. The normalized spacial score (nSPS) is 11.8. The molecule has 1 heterocycles. The summed E-state index contributed by atoms with van der Waals surface area (Å²) in [5, 5.41) is 13.1. The first-order valence-electron chi connectivity index (χ1n) is 8.14. The molecule has 0 bridgehead atoms. The third kappa shape index (κ3) is 5.57. The van der Waals surface area contributed by atoms with E-state index in [0.29, 0.717) is 16.1 Å². The number of hydrogen-bond acceptors (Lipinski definition) is 4. The van der Waals surface area contributed by atoms with Gasteiger partial charge in [-0.1, -0.05) is 18.5 Å². The average molecular weight is 361 g/mol. The van der Waals surface area contributed by atoms with Gasteiger partial charge in [0, 0.05) is 35.7 Å². The van der Waals surface area contributed by atoms with Crippen LogP contribution in [0.1, 0.15) is 41.9 Å². The predicted octanol–water partition coefficient (Wildman–Crippen LogP) is 3.32. The molecule has 0 saturated heterocycles. The van der Waals surface area contributed by atoms with Gasteiger partial charge < -0.3 is 10.4 Å². The number of phenolic OH excluding ortho intramolecular Hbond substituents is 1. The maximum absolute atomic E-state index is 12.3. The van der Waals surface area contributed by atoms with Gasteiger partial charge in [-0.2, -0.15) is 0 Å². The zero-order chi connectivity index (χ0) is 18.4. The summed E-state index contributed by atoms with van der Waals surface area (Å²) in [5.41, 5.74) is 1.48. The van der Waals surface area contributed by atoms with Crippen molar-refractivity contribution in [3.8, 4) is 5.75 Å². The second-order valence-corrected chi connectivity index (χ2v) is 6.43. The molecule has 5 nitrogen and oxygen atoms in total. The van der Waals surface area contributed by atoms with E-state index in [4.69, 9.17) is 11.6 Å². The highest BCUT2D eigenvalue weighted by atomic mass is 35.5. The molecule has 2 aromatic rings. The number of phenols is 1. The molecule has 0 aliphatic rings. The van der Waals surface area contributed by atoms with Crippen molar-refractivity contribution >= 4 is 23.3 Å². The molecule has 1 atom stereocenters. The molecule has 1 aromatic carbocycles. The summed E-state index contributed by atoms with van der Waals surface area (Å²) in [5.74, 6) is -0.297. The highest BCUT2D eigenvalue weighted by Crippen LogP contribution is 2.22. The minimum Gasteiger partial charge on any atom is -0.508 e. The summed E-state index contributed by atoms with van der Waals surface area (Å²) < 4.78 is 0. The van der Waals surface area contributed by atoms with E-state index in [1.54, 1.807) is 24.3 Å². The number of Topliss-reactive ketones (excluding diaryl/α,β-unsaturated/α-hetero) is 1. The number of carbonyl (C=O) groups is 2. The molecule has 6 heteroatoms. The Morgan fingerprint density at radius 3 is 2.72 bits per heavy atom. The van der Waals surface area contributed by atoms with Gasteiger partial charge in [-0.25, -0.2) is 0 Å². The van der Waals surface area contributed by atoms with Gasteiger partial charge in [-0.05, 0) is 49.2 Å². The maximum atomic E-state index is 12.3. The third-order valence-electron chi connectivity index (χ3n) is 3.88. The molecule has 2 rings (SSSR count). The van der Waals surface area contributed by atoms with Crippen LogP contribution >= 0.6 is 11.6 Å². The zero-order valence-corrected chi connectivity index (χ0v) is 15.0. The standard InChI is InChI=1S/C19H21ClN2O3/c1-3-12(2)22-19(25)17-9-13(6-7-21-17)8-16(23)11-14-10-15(20)4-5-18(14)24/h4-7,9-10,12,24H,3,8,11H2,1-2H3,(H,22,25). The Morgan fingerprint density at radius 2 is 2.00 bits per heavy atom. The molecule has 1 amide bonds. The van der Waals surface area contributed by atoms with Crippen molar-refractivity contribution in [1.82, 2.24) is 10.3 Å². The van der Waals surface area contributed by atoms with Gasteiger partial charge in [0.25, 0.3) is 5.91 Å². The summed E-state index contributed by atoms with van der Waals surface area (Å²) in [6.07, 6.45) is 2.57. The third-order valence-corrected chi connectivity index (χ3v) is 4.11. The van der Waals surface area contributed by atoms with Crippen LogP contribution in [-0.2, 0) is 17.6 Å². The van der Waals surface area contributed by atoms with Gasteiger partial charge in [0.15, 0.2) is 0 Å². The molecule has 2 N–H and O–H groups in total. The summed E-state index contributed by atoms with van der Waals surface area (Å²) in [7, 11) is 0. The summed E-state index contributed by atoms with van der Waals surface area (Å²) in [6.45, 7) is 3.90. The smallest absolute Gasteiger partial charge is 0.270 e. The Balaban J connectivity index is 2.05. The number of aromatic hydroxyl groups is 1. The summed E-state index contributed by atoms with van der Waals surface area (Å²) >= 11 is 5.89. The van der Waals surface area contributed by atoms with E-state index in [2.05, 4.69) is 10.3 Å². The maximum Gasteiger partial charge on any atom is 0.270 e. The van der Waals surface area contributed by atoms with Crippen LogP contribution in [0, 0.1) is 0 Å². The molecule has 0 fully saturated rings. The van der Waals surface area contributed by atoms with E-state index >= 15 is 0 Å². The summed E-state index contributed by atoms with van der Waals surface area (Å²) in [6, 6.07) is 7.99. The first kappa shape index (κ1) is 18.9. The van der Waals surface area contributed by atoms with Crippen molar-refractivity contribution in [3.05, 3.63) is 58.4 Å². The zero-order valence-electron chi connectivity index (χ0n) is 14.3. The molecule has 1 unspecified atom stereocenters. The van der Waals surface area contributed by atoms with Crippen molar-refractivity contribution in [3.63, 3.8) is 0 Å². The van der Waals surface area contributed by atoms with E-state index < -0.39 is 0 Å². The van der Waals surface area contributed by atoms with Gasteiger partial charge in [0.1, 0.15) is 17.2 Å². The van der Waals surface area contributed by atoms with Crippen LogP contribution in [-0.4, -0.2) is 27.8 Å². The lowest BCUT2D eigenvalue weighted by atomic mass is 10.0. The fraction of sp³-hybridized carbons (Fsp3) is 0.316. The van der Waals surface area contributed by atoms with Gasteiger partial charge in [0.2, 0.25) is 0 Å². The molecular formula is C19H21ClN2O3. The van der Waals surface area contributed by atoms with Crippen LogP contribution in [0.15, 0.2) is 36.5 Å².